The molecule has 0 unspecified atom stereocenters. The van der Waals surface area contributed by atoms with E-state index in [1.165, 1.54) is 0 Å². The summed E-state index contributed by atoms with van der Waals surface area (Å²) < 4.78 is 0.970. The van der Waals surface area contributed by atoms with Crippen LogP contribution < -0.4 is 10.6 Å². The van der Waals surface area contributed by atoms with Gasteiger partial charge in [0.15, 0.2) is 0 Å². The van der Waals surface area contributed by atoms with E-state index in [1.807, 2.05) is 36.4 Å². The quantitative estimate of drug-likeness (QED) is 0.749. The van der Waals surface area contributed by atoms with E-state index < -0.39 is 0 Å². The molecule has 0 bridgehead atoms. The number of benzene rings is 1. The maximum absolute atomic E-state index is 12.0. The fourth-order valence-electron chi connectivity index (χ4n) is 2.10. The predicted molar refractivity (Wildman–Crippen MR) is 98.7 cm³/mol. The zero-order valence-corrected chi connectivity index (χ0v) is 15.1. The van der Waals surface area contributed by atoms with Crippen molar-refractivity contribution in [1.29, 1.82) is 0 Å². The molecule has 1 heterocycles. The molecule has 0 aliphatic carbocycles. The zero-order chi connectivity index (χ0) is 16.7. The maximum Gasteiger partial charge on any atom is 0.229 e. The van der Waals surface area contributed by atoms with Crippen LogP contribution in [0.2, 0.25) is 0 Å². The molecule has 2 rings (SSSR count). The third kappa shape index (κ3) is 6.40. The van der Waals surface area contributed by atoms with Gasteiger partial charge in [-0.15, -0.1) is 0 Å². The molecule has 2 N–H and O–H groups in total. The number of hydrogen-bond acceptors (Lipinski definition) is 3. The van der Waals surface area contributed by atoms with Gasteiger partial charge in [-0.2, -0.15) is 0 Å². The Labute approximate surface area is 145 Å². The Morgan fingerprint density at radius 3 is 2.74 bits per heavy atom. The molecule has 0 atom stereocenters. The van der Waals surface area contributed by atoms with Crippen LogP contribution in [0.4, 0.5) is 11.5 Å². The van der Waals surface area contributed by atoms with E-state index in [0.29, 0.717) is 18.2 Å². The summed E-state index contributed by atoms with van der Waals surface area (Å²) in [5.74, 6) is 1.17. The lowest BCUT2D eigenvalue weighted by Gasteiger charge is -2.09. The zero-order valence-electron chi connectivity index (χ0n) is 13.5. The molecule has 0 spiro atoms. The predicted octanol–water partition coefficient (Wildman–Crippen LogP) is 4.48. The molecule has 122 valence electrons. The number of carbonyl (C=O) groups excluding carboxylic acids is 1. The third-order valence-corrected chi connectivity index (χ3v) is 3.83. The van der Waals surface area contributed by atoms with Gasteiger partial charge >= 0.3 is 0 Å². The largest absolute Gasteiger partial charge is 0.384 e. The Morgan fingerprint density at radius 2 is 2.09 bits per heavy atom. The van der Waals surface area contributed by atoms with E-state index in [2.05, 4.69) is 45.4 Å². The third-order valence-electron chi connectivity index (χ3n) is 3.34. The van der Waals surface area contributed by atoms with Gasteiger partial charge in [0, 0.05) is 11.0 Å². The maximum atomic E-state index is 12.0. The molecule has 5 heteroatoms. The monoisotopic (exact) mass is 375 g/mol. The van der Waals surface area contributed by atoms with Crippen molar-refractivity contribution in [2.45, 2.75) is 26.7 Å². The fraction of sp³-hybridized carbons (Fsp3) is 0.333. The highest BCUT2D eigenvalue weighted by Crippen LogP contribution is 2.14. The number of carbonyl (C=O) groups is 1. The fourth-order valence-corrected chi connectivity index (χ4v) is 2.54. The van der Waals surface area contributed by atoms with E-state index in [9.17, 15) is 4.79 Å². The van der Waals surface area contributed by atoms with Crippen molar-refractivity contribution < 1.29 is 4.79 Å². The molecular weight excluding hydrogens is 354 g/mol. The van der Waals surface area contributed by atoms with Crippen molar-refractivity contribution >= 4 is 33.3 Å². The summed E-state index contributed by atoms with van der Waals surface area (Å²) in [6.07, 6.45) is 3.19. The van der Waals surface area contributed by atoms with Gasteiger partial charge in [0.25, 0.3) is 0 Å². The molecule has 0 fully saturated rings. The second kappa shape index (κ2) is 8.67. The minimum absolute atomic E-state index is 0.0730. The number of amides is 1. The Bertz CT molecular complexity index is 641. The second-order valence-corrected chi connectivity index (χ2v) is 6.81. The Morgan fingerprint density at radius 1 is 1.26 bits per heavy atom. The summed E-state index contributed by atoms with van der Waals surface area (Å²) in [7, 11) is 0. The minimum atomic E-state index is -0.0730. The van der Waals surface area contributed by atoms with Gasteiger partial charge in [0.05, 0.1) is 18.3 Å². The number of nitrogens with zero attached hydrogens (tertiary/aromatic N) is 1. The standard InChI is InChI=1S/C18H22BrN3O/c1-13(2)8-9-20-16-6-7-17(21-12-16)22-18(23)11-14-4-3-5-15(19)10-14/h3-7,10,12-13,20H,8-9,11H2,1-2H3,(H,21,22,23). The lowest BCUT2D eigenvalue weighted by atomic mass is 10.1. The Hall–Kier alpha value is -1.88. The summed E-state index contributed by atoms with van der Waals surface area (Å²) in [5, 5.41) is 6.14. The van der Waals surface area contributed by atoms with Crippen LogP contribution in [0.3, 0.4) is 0 Å². The molecule has 1 amide bonds. The molecule has 1 aromatic carbocycles. The molecular formula is C18H22BrN3O. The van der Waals surface area contributed by atoms with Gasteiger partial charge in [-0.1, -0.05) is 41.9 Å². The van der Waals surface area contributed by atoms with Crippen LogP contribution in [0.25, 0.3) is 0 Å². The van der Waals surface area contributed by atoms with Gasteiger partial charge < -0.3 is 10.6 Å². The number of rotatable bonds is 7. The summed E-state index contributed by atoms with van der Waals surface area (Å²) in [6.45, 7) is 5.32. The lowest BCUT2D eigenvalue weighted by Crippen LogP contribution is -2.15. The Balaban J connectivity index is 1.84. The molecule has 0 aliphatic heterocycles. The topological polar surface area (TPSA) is 54.0 Å². The number of anilines is 2. The molecule has 1 aromatic heterocycles. The average molecular weight is 376 g/mol. The highest BCUT2D eigenvalue weighted by atomic mass is 79.9. The molecule has 0 saturated carbocycles. The van der Waals surface area contributed by atoms with Crippen LogP contribution >= 0.6 is 15.9 Å². The summed E-state index contributed by atoms with van der Waals surface area (Å²) in [6, 6.07) is 11.5. The number of aromatic nitrogens is 1. The van der Waals surface area contributed by atoms with Crippen LogP contribution in [-0.4, -0.2) is 17.4 Å². The van der Waals surface area contributed by atoms with Crippen molar-refractivity contribution in [2.75, 3.05) is 17.2 Å². The summed E-state index contributed by atoms with van der Waals surface area (Å²) in [4.78, 5) is 16.3. The number of hydrogen-bond donors (Lipinski definition) is 2. The summed E-state index contributed by atoms with van der Waals surface area (Å²) in [5.41, 5.74) is 1.93. The highest BCUT2D eigenvalue weighted by Gasteiger charge is 2.05. The van der Waals surface area contributed by atoms with Gasteiger partial charge in [-0.3, -0.25) is 4.79 Å². The van der Waals surface area contributed by atoms with Crippen molar-refractivity contribution in [3.63, 3.8) is 0 Å². The lowest BCUT2D eigenvalue weighted by molar-refractivity contribution is -0.115. The van der Waals surface area contributed by atoms with Gasteiger partial charge in [-0.25, -0.2) is 4.98 Å². The first-order chi connectivity index (χ1) is 11.0. The van der Waals surface area contributed by atoms with Crippen LogP contribution in [0, 0.1) is 5.92 Å². The molecule has 2 aromatic rings. The number of pyridine rings is 1. The molecule has 0 saturated heterocycles. The minimum Gasteiger partial charge on any atom is -0.384 e. The molecule has 0 radical (unpaired) electrons. The van der Waals surface area contributed by atoms with E-state index in [1.54, 1.807) is 6.20 Å². The van der Waals surface area contributed by atoms with Gasteiger partial charge in [0.2, 0.25) is 5.91 Å². The first kappa shape index (κ1) is 17.5. The molecule has 23 heavy (non-hydrogen) atoms. The van der Waals surface area contributed by atoms with E-state index >= 15 is 0 Å². The normalized spacial score (nSPS) is 10.6. The highest BCUT2D eigenvalue weighted by molar-refractivity contribution is 9.10. The number of halogens is 1. The van der Waals surface area contributed by atoms with Crippen molar-refractivity contribution in [2.24, 2.45) is 5.92 Å². The Kier molecular flexibility index (Phi) is 6.59. The molecule has 0 aliphatic rings. The SMILES string of the molecule is CC(C)CCNc1ccc(NC(=O)Cc2cccc(Br)c2)nc1. The van der Waals surface area contributed by atoms with Crippen LogP contribution in [0.1, 0.15) is 25.8 Å². The van der Waals surface area contributed by atoms with E-state index in [4.69, 9.17) is 0 Å². The first-order valence-electron chi connectivity index (χ1n) is 7.77. The first-order valence-corrected chi connectivity index (χ1v) is 8.56. The van der Waals surface area contributed by atoms with E-state index in [0.717, 1.165) is 28.7 Å². The van der Waals surface area contributed by atoms with Crippen LogP contribution in [-0.2, 0) is 11.2 Å². The van der Waals surface area contributed by atoms with Crippen molar-refractivity contribution in [3.05, 3.63) is 52.6 Å². The van der Waals surface area contributed by atoms with Crippen LogP contribution in [0.15, 0.2) is 47.1 Å². The second-order valence-electron chi connectivity index (χ2n) is 5.90. The summed E-state index contributed by atoms with van der Waals surface area (Å²) >= 11 is 3.41. The van der Waals surface area contributed by atoms with Gasteiger partial charge in [-0.05, 0) is 42.2 Å². The van der Waals surface area contributed by atoms with Gasteiger partial charge in [0.1, 0.15) is 5.82 Å². The van der Waals surface area contributed by atoms with E-state index in [-0.39, 0.29) is 5.91 Å². The van der Waals surface area contributed by atoms with Crippen molar-refractivity contribution in [3.8, 4) is 0 Å². The van der Waals surface area contributed by atoms with Crippen molar-refractivity contribution in [1.82, 2.24) is 4.98 Å². The smallest absolute Gasteiger partial charge is 0.229 e. The average Bonchev–Trinajstić information content (AvgIpc) is 2.48. The number of nitrogens with one attached hydrogen (secondary N) is 2. The van der Waals surface area contributed by atoms with Crippen LogP contribution in [0.5, 0.6) is 0 Å². The molecule has 4 nitrogen and oxygen atoms in total.